The molecule has 22 heavy (non-hydrogen) atoms. The van der Waals surface area contributed by atoms with Crippen LogP contribution in [-0.4, -0.2) is 25.3 Å². The van der Waals surface area contributed by atoms with Gasteiger partial charge in [0, 0.05) is 0 Å². The number of nitrogens with zero attached hydrogens (tertiary/aromatic N) is 1. The molecule has 5 nitrogen and oxygen atoms in total. The summed E-state index contributed by atoms with van der Waals surface area (Å²) in [6, 6.07) is 10.9. The summed E-state index contributed by atoms with van der Waals surface area (Å²) < 4.78 is 23.7. The van der Waals surface area contributed by atoms with Crippen LogP contribution in [0.15, 0.2) is 47.6 Å². The highest BCUT2D eigenvalue weighted by molar-refractivity contribution is 5.98. The third-order valence-electron chi connectivity index (χ3n) is 3.06. The Balaban J connectivity index is 1.71. The van der Waals surface area contributed by atoms with E-state index in [2.05, 4.69) is 10.5 Å². The van der Waals surface area contributed by atoms with Gasteiger partial charge in [-0.05, 0) is 29.8 Å². The normalized spacial score (nSPS) is 13.1. The maximum atomic E-state index is 12.8. The van der Waals surface area contributed by atoms with Gasteiger partial charge in [0.15, 0.2) is 11.5 Å². The molecule has 1 aliphatic rings. The molecule has 0 spiro atoms. The van der Waals surface area contributed by atoms with E-state index in [1.807, 2.05) is 0 Å². The van der Waals surface area contributed by atoms with E-state index in [1.54, 1.807) is 30.3 Å². The van der Waals surface area contributed by atoms with Gasteiger partial charge < -0.3 is 9.47 Å². The van der Waals surface area contributed by atoms with E-state index in [9.17, 15) is 9.18 Å². The van der Waals surface area contributed by atoms with Crippen LogP contribution in [0, 0.1) is 5.82 Å². The molecular formula is C16H13FN2O3. The number of para-hydroxylation sites is 1. The Labute approximate surface area is 126 Å². The number of halogens is 1. The molecule has 1 N–H and O–H groups in total. The summed E-state index contributed by atoms with van der Waals surface area (Å²) >= 11 is 0. The Morgan fingerprint density at radius 1 is 1.14 bits per heavy atom. The van der Waals surface area contributed by atoms with E-state index >= 15 is 0 Å². The molecule has 0 atom stereocenters. The fraction of sp³-hybridized carbons (Fsp3) is 0.125. The van der Waals surface area contributed by atoms with Gasteiger partial charge >= 0.3 is 0 Å². The molecule has 0 aromatic heterocycles. The summed E-state index contributed by atoms with van der Waals surface area (Å²) in [7, 11) is 0. The highest BCUT2D eigenvalue weighted by Gasteiger charge is 2.19. The van der Waals surface area contributed by atoms with Crippen molar-refractivity contribution in [1.29, 1.82) is 0 Å². The van der Waals surface area contributed by atoms with E-state index in [0.29, 0.717) is 35.8 Å². The first-order valence-corrected chi connectivity index (χ1v) is 6.71. The molecule has 0 unspecified atom stereocenters. The molecule has 0 fully saturated rings. The maximum absolute atomic E-state index is 12.8. The average Bonchev–Trinajstić information content (AvgIpc) is 2.56. The molecule has 2 aromatic rings. The monoisotopic (exact) mass is 300 g/mol. The van der Waals surface area contributed by atoms with Crippen LogP contribution in [0.25, 0.3) is 0 Å². The molecule has 1 aliphatic heterocycles. The van der Waals surface area contributed by atoms with Gasteiger partial charge in [0.25, 0.3) is 5.91 Å². The van der Waals surface area contributed by atoms with Crippen LogP contribution in [0.1, 0.15) is 15.9 Å². The second kappa shape index (κ2) is 6.26. The lowest BCUT2D eigenvalue weighted by molar-refractivity contribution is 0.0944. The highest BCUT2D eigenvalue weighted by atomic mass is 19.1. The fourth-order valence-electron chi connectivity index (χ4n) is 2.03. The second-order valence-electron chi connectivity index (χ2n) is 4.58. The largest absolute Gasteiger partial charge is 0.486 e. The smallest absolute Gasteiger partial charge is 0.275 e. The minimum Gasteiger partial charge on any atom is -0.486 e. The average molecular weight is 300 g/mol. The summed E-state index contributed by atoms with van der Waals surface area (Å²) in [5.74, 6) is 0.236. The van der Waals surface area contributed by atoms with Crippen molar-refractivity contribution in [2.45, 2.75) is 0 Å². The summed E-state index contributed by atoms with van der Waals surface area (Å²) in [4.78, 5) is 12.1. The van der Waals surface area contributed by atoms with Crippen LogP contribution in [0.2, 0.25) is 0 Å². The number of carbonyl (C=O) groups excluding carboxylic acids is 1. The molecular weight excluding hydrogens is 287 g/mol. The van der Waals surface area contributed by atoms with Gasteiger partial charge in [-0.1, -0.05) is 18.2 Å². The number of nitrogens with one attached hydrogen (secondary N) is 1. The Morgan fingerprint density at radius 3 is 2.73 bits per heavy atom. The summed E-state index contributed by atoms with van der Waals surface area (Å²) in [6.45, 7) is 0.858. The highest BCUT2D eigenvalue weighted by Crippen LogP contribution is 2.33. The van der Waals surface area contributed by atoms with Crippen LogP contribution in [0.4, 0.5) is 4.39 Å². The number of benzene rings is 2. The van der Waals surface area contributed by atoms with Crippen molar-refractivity contribution < 1.29 is 18.7 Å². The van der Waals surface area contributed by atoms with Crippen molar-refractivity contribution >= 4 is 12.1 Å². The van der Waals surface area contributed by atoms with Crippen molar-refractivity contribution in [2.75, 3.05) is 13.2 Å². The van der Waals surface area contributed by atoms with Gasteiger partial charge in [0.05, 0.1) is 11.8 Å². The van der Waals surface area contributed by atoms with Gasteiger partial charge in [0.2, 0.25) is 0 Å². The van der Waals surface area contributed by atoms with Crippen LogP contribution in [0.5, 0.6) is 11.5 Å². The Hall–Kier alpha value is -2.89. The summed E-state index contributed by atoms with van der Waals surface area (Å²) in [5, 5.41) is 3.85. The molecule has 1 amide bonds. The van der Waals surface area contributed by atoms with E-state index in [-0.39, 0.29) is 5.82 Å². The second-order valence-corrected chi connectivity index (χ2v) is 4.58. The molecule has 1 heterocycles. The van der Waals surface area contributed by atoms with E-state index in [4.69, 9.17) is 9.47 Å². The van der Waals surface area contributed by atoms with Crippen molar-refractivity contribution in [3.63, 3.8) is 0 Å². The van der Waals surface area contributed by atoms with Gasteiger partial charge in [-0.15, -0.1) is 0 Å². The van der Waals surface area contributed by atoms with Crippen LogP contribution in [0.3, 0.4) is 0 Å². The third-order valence-corrected chi connectivity index (χ3v) is 3.06. The number of amides is 1. The zero-order valence-electron chi connectivity index (χ0n) is 11.6. The molecule has 2 aromatic carbocycles. The Bertz CT molecular complexity index is 714. The van der Waals surface area contributed by atoms with E-state index < -0.39 is 5.91 Å². The molecule has 0 saturated carbocycles. The first-order chi connectivity index (χ1) is 10.7. The van der Waals surface area contributed by atoms with Crippen molar-refractivity contribution in [3.8, 4) is 11.5 Å². The molecule has 0 radical (unpaired) electrons. The lowest BCUT2D eigenvalue weighted by Crippen LogP contribution is -2.22. The molecule has 0 bridgehead atoms. The van der Waals surface area contributed by atoms with Gasteiger partial charge in [0.1, 0.15) is 19.0 Å². The molecule has 112 valence electrons. The summed E-state index contributed by atoms with van der Waals surface area (Å²) in [5.41, 5.74) is 3.45. The number of rotatable bonds is 3. The van der Waals surface area contributed by atoms with Crippen molar-refractivity contribution in [1.82, 2.24) is 5.43 Å². The standard InChI is InChI=1S/C16H13FN2O3/c17-12-6-4-11(5-7-12)10-18-19-16(20)13-2-1-3-14-15(13)22-9-8-21-14/h1-7,10H,8-9H2,(H,19,20)/b18-10-. The third kappa shape index (κ3) is 3.06. The minimum absolute atomic E-state index is 0.325. The number of ether oxygens (including phenoxy) is 2. The number of fused-ring (bicyclic) bond motifs is 1. The predicted molar refractivity (Wildman–Crippen MR) is 78.9 cm³/mol. The lowest BCUT2D eigenvalue weighted by atomic mass is 10.1. The zero-order valence-corrected chi connectivity index (χ0v) is 11.6. The van der Waals surface area contributed by atoms with E-state index in [1.165, 1.54) is 18.3 Å². The number of hydrogen-bond donors (Lipinski definition) is 1. The van der Waals surface area contributed by atoms with Crippen LogP contribution in [-0.2, 0) is 0 Å². The number of hydrazone groups is 1. The molecule has 6 heteroatoms. The van der Waals surface area contributed by atoms with Crippen molar-refractivity contribution in [3.05, 3.63) is 59.4 Å². The maximum Gasteiger partial charge on any atom is 0.275 e. The first-order valence-electron chi connectivity index (χ1n) is 6.71. The quantitative estimate of drug-likeness (QED) is 0.699. The molecule has 3 rings (SSSR count). The Kier molecular flexibility index (Phi) is 4.00. The predicted octanol–water partition coefficient (Wildman–Crippen LogP) is 2.36. The van der Waals surface area contributed by atoms with E-state index in [0.717, 1.165) is 0 Å². The van der Waals surface area contributed by atoms with Crippen LogP contribution >= 0.6 is 0 Å². The number of hydrogen-bond acceptors (Lipinski definition) is 4. The van der Waals surface area contributed by atoms with Gasteiger partial charge in [-0.25, -0.2) is 9.82 Å². The number of carbonyl (C=O) groups is 1. The Morgan fingerprint density at radius 2 is 1.91 bits per heavy atom. The minimum atomic E-state index is -0.402. The summed E-state index contributed by atoms with van der Waals surface area (Å²) in [6.07, 6.45) is 1.43. The van der Waals surface area contributed by atoms with Gasteiger partial charge in [-0.3, -0.25) is 4.79 Å². The molecule has 0 saturated heterocycles. The fourth-order valence-corrected chi connectivity index (χ4v) is 2.03. The van der Waals surface area contributed by atoms with Crippen molar-refractivity contribution in [2.24, 2.45) is 5.10 Å². The molecule has 0 aliphatic carbocycles. The SMILES string of the molecule is O=C(N/N=C\c1ccc(F)cc1)c1cccc2c1OCCO2. The first kappa shape index (κ1) is 14.1. The topological polar surface area (TPSA) is 59.9 Å². The van der Waals surface area contributed by atoms with Crippen LogP contribution < -0.4 is 14.9 Å². The lowest BCUT2D eigenvalue weighted by Gasteiger charge is -2.20. The van der Waals surface area contributed by atoms with Gasteiger partial charge in [-0.2, -0.15) is 5.10 Å². The zero-order chi connectivity index (χ0) is 15.4.